The molecule has 0 aliphatic carbocycles. The smallest absolute Gasteiger partial charge is 0.330 e. The van der Waals surface area contributed by atoms with Gasteiger partial charge in [-0.3, -0.25) is 23.9 Å². The van der Waals surface area contributed by atoms with E-state index >= 15 is 0 Å². The van der Waals surface area contributed by atoms with E-state index in [9.17, 15) is 19.2 Å². The zero-order valence-corrected chi connectivity index (χ0v) is 20.8. The minimum absolute atomic E-state index is 0.572. The molecular formula is C20H27BrN2O7Si. The minimum atomic E-state index is -2.00. The highest BCUT2D eigenvalue weighted by atomic mass is 79.9. The SMILES string of the molecule is CC[Si](C#C[C@]1(OC(C)=O)O[C@@H](n2ccc(=O)[nH]c2=O)C(Br)[C@@H]1OC(C)=O)(CC)CC. The first-order valence-electron chi connectivity index (χ1n) is 10.1. The lowest BCUT2D eigenvalue weighted by Crippen LogP contribution is -2.47. The van der Waals surface area contributed by atoms with Crippen molar-refractivity contribution in [3.8, 4) is 11.5 Å². The van der Waals surface area contributed by atoms with E-state index in [1.165, 1.54) is 20.0 Å². The number of hydrogen-bond donors (Lipinski definition) is 1. The molecule has 0 bridgehead atoms. The summed E-state index contributed by atoms with van der Waals surface area (Å²) in [5.74, 6) is -0.236. The molecule has 170 valence electrons. The Morgan fingerprint density at radius 3 is 2.32 bits per heavy atom. The van der Waals surface area contributed by atoms with Gasteiger partial charge in [-0.1, -0.05) is 36.7 Å². The lowest BCUT2D eigenvalue weighted by atomic mass is 10.1. The Morgan fingerprint density at radius 2 is 1.84 bits per heavy atom. The summed E-state index contributed by atoms with van der Waals surface area (Å²) in [6.45, 7) is 8.63. The van der Waals surface area contributed by atoms with Gasteiger partial charge in [0, 0.05) is 26.1 Å². The molecule has 9 nitrogen and oxygen atoms in total. The first kappa shape index (κ1) is 25.1. The van der Waals surface area contributed by atoms with Crippen LogP contribution < -0.4 is 11.2 Å². The van der Waals surface area contributed by atoms with Crippen LogP contribution in [0.5, 0.6) is 0 Å². The van der Waals surface area contributed by atoms with E-state index in [4.69, 9.17) is 14.2 Å². The van der Waals surface area contributed by atoms with Crippen LogP contribution in [0, 0.1) is 11.5 Å². The molecule has 4 atom stereocenters. The van der Waals surface area contributed by atoms with Crippen molar-refractivity contribution in [3.05, 3.63) is 33.1 Å². The van der Waals surface area contributed by atoms with Gasteiger partial charge in [-0.15, -0.1) is 5.54 Å². The predicted molar refractivity (Wildman–Crippen MR) is 119 cm³/mol. The quantitative estimate of drug-likeness (QED) is 0.267. The van der Waals surface area contributed by atoms with E-state index in [2.05, 4.69) is 53.1 Å². The summed E-state index contributed by atoms with van der Waals surface area (Å²) in [6.07, 6.45) is -0.962. The van der Waals surface area contributed by atoms with Crippen LogP contribution in [-0.2, 0) is 23.8 Å². The fourth-order valence-electron chi connectivity index (χ4n) is 3.49. The number of esters is 2. The summed E-state index contributed by atoms with van der Waals surface area (Å²) in [6, 6.07) is 3.83. The maximum Gasteiger partial charge on any atom is 0.330 e. The number of nitrogens with one attached hydrogen (secondary N) is 1. The number of halogens is 1. The number of ether oxygens (including phenoxy) is 3. The zero-order valence-electron chi connectivity index (χ0n) is 18.2. The van der Waals surface area contributed by atoms with Crippen LogP contribution in [0.3, 0.4) is 0 Å². The van der Waals surface area contributed by atoms with Gasteiger partial charge in [0.2, 0.25) is 0 Å². The van der Waals surface area contributed by atoms with Crippen LogP contribution in [0.2, 0.25) is 18.1 Å². The highest BCUT2D eigenvalue weighted by molar-refractivity contribution is 9.09. The molecule has 1 aromatic heterocycles. The molecular weight excluding hydrogens is 488 g/mol. The highest BCUT2D eigenvalue weighted by Crippen LogP contribution is 2.43. The fourth-order valence-corrected chi connectivity index (χ4v) is 6.77. The van der Waals surface area contributed by atoms with Crippen molar-refractivity contribution in [2.45, 2.75) is 75.7 Å². The minimum Gasteiger partial charge on any atom is -0.453 e. The van der Waals surface area contributed by atoms with E-state index in [1.54, 1.807) is 0 Å². The van der Waals surface area contributed by atoms with E-state index in [-0.39, 0.29) is 0 Å². The normalized spacial score (nSPS) is 25.4. The molecule has 31 heavy (non-hydrogen) atoms. The molecule has 0 spiro atoms. The lowest BCUT2D eigenvalue weighted by molar-refractivity contribution is -0.230. The van der Waals surface area contributed by atoms with Crippen molar-refractivity contribution in [2.24, 2.45) is 0 Å². The van der Waals surface area contributed by atoms with Crippen molar-refractivity contribution < 1.29 is 23.8 Å². The van der Waals surface area contributed by atoms with Crippen molar-refractivity contribution in [2.75, 3.05) is 0 Å². The number of alkyl halides is 1. The molecule has 2 heterocycles. The van der Waals surface area contributed by atoms with Crippen molar-refractivity contribution in [1.82, 2.24) is 9.55 Å². The molecule has 1 aliphatic rings. The van der Waals surface area contributed by atoms with Crippen LogP contribution in [0.4, 0.5) is 0 Å². The summed E-state index contributed by atoms with van der Waals surface area (Å²) in [5, 5.41) is 0. The second-order valence-electron chi connectivity index (χ2n) is 7.35. The second kappa shape index (κ2) is 9.97. The molecule has 1 aromatic rings. The van der Waals surface area contributed by atoms with Crippen molar-refractivity contribution in [1.29, 1.82) is 0 Å². The standard InChI is InChI=1S/C20H27BrN2O7Si/c1-6-31(7-2,8-3)12-10-20(29-14(5)25)17(28-13(4)24)16(21)18(30-20)23-11-9-15(26)22-19(23)27/h9,11,16-18H,6-8H2,1-5H3,(H,22,26,27)/t16?,17-,18+,20-/m0/s1. The Bertz CT molecular complexity index is 999. The summed E-state index contributed by atoms with van der Waals surface area (Å²) < 4.78 is 18.1. The zero-order chi connectivity index (χ0) is 23.4. The van der Waals surface area contributed by atoms with Gasteiger partial charge in [0.05, 0.1) is 0 Å². The number of rotatable bonds is 6. The molecule has 0 aromatic carbocycles. The Hall–Kier alpha value is -2.16. The Morgan fingerprint density at radius 1 is 1.23 bits per heavy atom. The van der Waals surface area contributed by atoms with Crippen molar-refractivity contribution >= 4 is 35.9 Å². The molecule has 11 heteroatoms. The van der Waals surface area contributed by atoms with Crippen molar-refractivity contribution in [3.63, 3.8) is 0 Å². The van der Waals surface area contributed by atoms with Gasteiger partial charge in [-0.05, 0) is 24.1 Å². The number of aromatic nitrogens is 2. The van der Waals surface area contributed by atoms with Gasteiger partial charge in [0.1, 0.15) is 12.9 Å². The van der Waals surface area contributed by atoms with E-state index in [0.29, 0.717) is 0 Å². The Labute approximate surface area is 189 Å². The Balaban J connectivity index is 2.67. The van der Waals surface area contributed by atoms with Gasteiger partial charge in [0.25, 0.3) is 5.56 Å². The third-order valence-corrected chi connectivity index (χ3v) is 11.1. The summed E-state index contributed by atoms with van der Waals surface area (Å²) in [4.78, 5) is 49.0. The molecule has 1 saturated heterocycles. The number of hydrogen-bond acceptors (Lipinski definition) is 7. The molecule has 2 rings (SSSR count). The topological polar surface area (TPSA) is 117 Å². The van der Waals surface area contributed by atoms with Crippen LogP contribution in [0.1, 0.15) is 40.8 Å². The van der Waals surface area contributed by atoms with Crippen LogP contribution in [-0.4, -0.2) is 46.3 Å². The van der Waals surface area contributed by atoms with E-state index in [1.807, 2.05) is 0 Å². The maximum atomic E-state index is 12.4. The van der Waals surface area contributed by atoms with Gasteiger partial charge >= 0.3 is 23.4 Å². The van der Waals surface area contributed by atoms with E-state index < -0.39 is 54.2 Å². The van der Waals surface area contributed by atoms with Crippen LogP contribution >= 0.6 is 15.9 Å². The second-order valence-corrected chi connectivity index (χ2v) is 13.3. The number of H-pyrrole nitrogens is 1. The van der Waals surface area contributed by atoms with Crippen LogP contribution in [0.15, 0.2) is 21.9 Å². The summed E-state index contributed by atoms with van der Waals surface area (Å²) >= 11 is 3.42. The lowest BCUT2D eigenvalue weighted by Gasteiger charge is -2.29. The van der Waals surface area contributed by atoms with Gasteiger partial charge < -0.3 is 14.2 Å². The monoisotopic (exact) mass is 514 g/mol. The van der Waals surface area contributed by atoms with Gasteiger partial charge in [-0.2, -0.15) is 0 Å². The molecule has 0 radical (unpaired) electrons. The largest absolute Gasteiger partial charge is 0.453 e. The number of aromatic amines is 1. The predicted octanol–water partition coefficient (Wildman–Crippen LogP) is 2.07. The first-order chi connectivity index (χ1) is 14.5. The average molecular weight is 515 g/mol. The summed E-state index contributed by atoms with van der Waals surface area (Å²) in [5.41, 5.74) is 2.02. The number of nitrogens with zero attached hydrogens (tertiary/aromatic N) is 1. The molecule has 1 unspecified atom stereocenters. The number of carbonyl (C=O) groups excluding carboxylic acids is 2. The molecule has 1 aliphatic heterocycles. The highest BCUT2D eigenvalue weighted by Gasteiger charge is 2.60. The van der Waals surface area contributed by atoms with Crippen LogP contribution in [0.25, 0.3) is 0 Å². The summed E-state index contributed by atoms with van der Waals surface area (Å²) in [7, 11) is -2.00. The average Bonchev–Trinajstić information content (AvgIpc) is 2.95. The van der Waals surface area contributed by atoms with Gasteiger partial charge in [-0.25, -0.2) is 4.79 Å². The third-order valence-electron chi connectivity index (χ3n) is 5.48. The fraction of sp³-hybridized carbons (Fsp3) is 0.600. The van der Waals surface area contributed by atoms with Gasteiger partial charge in [0.15, 0.2) is 12.3 Å². The third kappa shape index (κ3) is 5.37. The molecule has 0 saturated carbocycles. The van der Waals surface area contributed by atoms with E-state index in [0.717, 1.165) is 28.8 Å². The molecule has 0 amide bonds. The molecule has 1 N–H and O–H groups in total. The maximum absolute atomic E-state index is 12.4. The molecule has 1 fully saturated rings. The Kier molecular flexibility index (Phi) is 8.07. The number of carbonyl (C=O) groups is 2. The first-order valence-corrected chi connectivity index (χ1v) is 13.6.